The molecule has 0 aliphatic carbocycles. The van der Waals surface area contributed by atoms with E-state index in [4.69, 9.17) is 0 Å². The van der Waals surface area contributed by atoms with Crippen molar-refractivity contribution in [2.75, 3.05) is 38.0 Å². The van der Waals surface area contributed by atoms with Gasteiger partial charge in [-0.25, -0.2) is 4.39 Å². The molecule has 6 nitrogen and oxygen atoms in total. The van der Waals surface area contributed by atoms with E-state index < -0.39 is 0 Å². The predicted octanol–water partition coefficient (Wildman–Crippen LogP) is 3.76. The van der Waals surface area contributed by atoms with Crippen LogP contribution >= 0.6 is 0 Å². The Hall–Kier alpha value is -2.93. The number of hydrogen-bond acceptors (Lipinski definition) is 3. The van der Waals surface area contributed by atoms with Crippen LogP contribution in [0.1, 0.15) is 52.9 Å². The summed E-state index contributed by atoms with van der Waals surface area (Å²) < 4.78 is 15.7. The fourth-order valence-corrected chi connectivity index (χ4v) is 5.15. The van der Waals surface area contributed by atoms with Crippen molar-refractivity contribution in [3.63, 3.8) is 0 Å². The van der Waals surface area contributed by atoms with Crippen LogP contribution in [-0.4, -0.2) is 58.9 Å². The number of halogens is 1. The first-order valence-electron chi connectivity index (χ1n) is 11.6. The number of rotatable bonds is 4. The number of aryl methyl sites for hydroxylation is 1. The van der Waals surface area contributed by atoms with Gasteiger partial charge >= 0.3 is 0 Å². The Morgan fingerprint density at radius 2 is 1.88 bits per heavy atom. The molecule has 0 unspecified atom stereocenters. The smallest absolute Gasteiger partial charge is 0.257 e. The molecule has 7 heteroatoms. The van der Waals surface area contributed by atoms with Gasteiger partial charge in [-0.3, -0.25) is 9.59 Å². The van der Waals surface area contributed by atoms with Gasteiger partial charge in [0.2, 0.25) is 0 Å². The van der Waals surface area contributed by atoms with Gasteiger partial charge in [0.1, 0.15) is 5.82 Å². The third-order valence-electron chi connectivity index (χ3n) is 6.84. The van der Waals surface area contributed by atoms with Crippen LogP contribution in [0.3, 0.4) is 0 Å². The number of nitrogens with zero attached hydrogens (tertiary/aromatic N) is 3. The second kappa shape index (κ2) is 8.54. The summed E-state index contributed by atoms with van der Waals surface area (Å²) in [7, 11) is 0. The van der Waals surface area contributed by atoms with Gasteiger partial charge < -0.3 is 19.7 Å². The number of nitrogens with one attached hydrogen (secondary N) is 1. The number of benzene rings is 1. The minimum absolute atomic E-state index is 0.0754. The molecule has 1 aromatic heterocycles. The van der Waals surface area contributed by atoms with Gasteiger partial charge in [0.25, 0.3) is 11.8 Å². The van der Waals surface area contributed by atoms with Crippen LogP contribution in [0, 0.1) is 12.7 Å². The molecule has 1 fully saturated rings. The van der Waals surface area contributed by atoms with E-state index in [2.05, 4.69) is 10.2 Å². The van der Waals surface area contributed by atoms with Gasteiger partial charge in [0.05, 0.1) is 11.1 Å². The lowest BCUT2D eigenvalue weighted by atomic mass is 10.1. The summed E-state index contributed by atoms with van der Waals surface area (Å²) in [5.74, 6) is -0.562. The van der Waals surface area contributed by atoms with Crippen molar-refractivity contribution in [3.8, 4) is 0 Å². The molecule has 0 spiro atoms. The minimum atomic E-state index is -0.381. The SMILES string of the molecule is Cc1cn(C=C2C(=O)Nc3ccc(F)cc32)c2c1C(=O)N(CCN1CCCCC1)CCC2. The highest BCUT2D eigenvalue weighted by Crippen LogP contribution is 2.34. The fourth-order valence-electron chi connectivity index (χ4n) is 5.15. The number of hydrogen-bond donors (Lipinski definition) is 1. The van der Waals surface area contributed by atoms with Crippen molar-refractivity contribution in [2.45, 2.75) is 39.0 Å². The van der Waals surface area contributed by atoms with Crippen LogP contribution in [0.25, 0.3) is 11.8 Å². The third-order valence-corrected chi connectivity index (χ3v) is 6.84. The zero-order chi connectivity index (χ0) is 22.2. The molecule has 0 atom stereocenters. The molecule has 0 radical (unpaired) electrons. The molecular formula is C25H29FN4O2. The molecule has 3 aliphatic rings. The molecule has 1 N–H and O–H groups in total. The van der Waals surface area contributed by atoms with Crippen molar-refractivity contribution in [1.29, 1.82) is 0 Å². The van der Waals surface area contributed by atoms with Crippen molar-refractivity contribution < 1.29 is 14.0 Å². The minimum Gasteiger partial charge on any atom is -0.337 e. The lowest BCUT2D eigenvalue weighted by Gasteiger charge is -2.29. The van der Waals surface area contributed by atoms with Crippen LogP contribution in [-0.2, 0) is 11.2 Å². The Morgan fingerprint density at radius 3 is 2.69 bits per heavy atom. The van der Waals surface area contributed by atoms with Gasteiger partial charge in [-0.15, -0.1) is 0 Å². The molecule has 0 saturated carbocycles. The number of aromatic nitrogens is 1. The molecule has 0 bridgehead atoms. The normalized spacial score (nSPS) is 20.3. The van der Waals surface area contributed by atoms with E-state index in [0.29, 0.717) is 16.8 Å². The summed E-state index contributed by atoms with van der Waals surface area (Å²) in [6.07, 6.45) is 9.08. The van der Waals surface area contributed by atoms with Gasteiger partial charge in [0.15, 0.2) is 0 Å². The van der Waals surface area contributed by atoms with Crippen molar-refractivity contribution in [2.24, 2.45) is 0 Å². The Labute approximate surface area is 187 Å². The standard InChI is InChI=1S/C25H29FN4O2/c1-17-15-30(16-20-19-14-18(26)7-8-21(19)27-24(20)31)22-6-5-11-29(25(32)23(17)22)13-12-28-9-3-2-4-10-28/h7-8,14-16H,2-6,9-13H2,1H3,(H,27,31). The monoisotopic (exact) mass is 436 g/mol. The van der Waals surface area contributed by atoms with Gasteiger partial charge in [-0.05, 0) is 69.5 Å². The summed E-state index contributed by atoms with van der Waals surface area (Å²) in [6, 6.07) is 4.29. The van der Waals surface area contributed by atoms with Crippen LogP contribution in [0.15, 0.2) is 24.4 Å². The predicted molar refractivity (Wildman–Crippen MR) is 123 cm³/mol. The first kappa shape index (κ1) is 20.9. The molecule has 168 valence electrons. The number of carbonyl (C=O) groups is 2. The molecule has 1 saturated heterocycles. The van der Waals surface area contributed by atoms with E-state index in [1.807, 2.05) is 22.6 Å². The van der Waals surface area contributed by atoms with Crippen molar-refractivity contribution in [3.05, 3.63) is 52.6 Å². The Morgan fingerprint density at radius 1 is 1.06 bits per heavy atom. The summed E-state index contributed by atoms with van der Waals surface area (Å²) >= 11 is 0. The second-order valence-corrected chi connectivity index (χ2v) is 9.03. The second-order valence-electron chi connectivity index (χ2n) is 9.03. The van der Waals surface area contributed by atoms with E-state index in [0.717, 1.165) is 62.4 Å². The first-order chi connectivity index (χ1) is 15.5. The number of anilines is 1. The topological polar surface area (TPSA) is 57.6 Å². The lowest BCUT2D eigenvalue weighted by molar-refractivity contribution is -0.110. The maximum Gasteiger partial charge on any atom is 0.257 e. The fraction of sp³-hybridized carbons (Fsp3) is 0.440. The van der Waals surface area contributed by atoms with E-state index in [9.17, 15) is 14.0 Å². The average Bonchev–Trinajstić information content (AvgIpc) is 3.19. The molecule has 2 amide bonds. The van der Waals surface area contributed by atoms with Crippen molar-refractivity contribution in [1.82, 2.24) is 14.4 Å². The molecular weight excluding hydrogens is 407 g/mol. The zero-order valence-corrected chi connectivity index (χ0v) is 18.5. The molecule has 3 aliphatic heterocycles. The largest absolute Gasteiger partial charge is 0.337 e. The van der Waals surface area contributed by atoms with E-state index in [-0.39, 0.29) is 17.6 Å². The van der Waals surface area contributed by atoms with Crippen LogP contribution in [0.4, 0.5) is 10.1 Å². The number of fused-ring (bicyclic) bond motifs is 2. The molecule has 1 aromatic carbocycles. The highest BCUT2D eigenvalue weighted by molar-refractivity contribution is 6.34. The number of amides is 2. The zero-order valence-electron chi connectivity index (χ0n) is 18.5. The van der Waals surface area contributed by atoms with Crippen LogP contribution < -0.4 is 5.32 Å². The number of carbonyl (C=O) groups excluding carboxylic acids is 2. The third kappa shape index (κ3) is 3.86. The average molecular weight is 437 g/mol. The quantitative estimate of drug-likeness (QED) is 0.743. The molecule has 2 aromatic rings. The summed E-state index contributed by atoms with van der Waals surface area (Å²) in [5, 5.41) is 2.79. The van der Waals surface area contributed by atoms with Crippen LogP contribution in [0.2, 0.25) is 0 Å². The Balaban J connectivity index is 1.42. The maximum absolute atomic E-state index is 13.8. The summed E-state index contributed by atoms with van der Waals surface area (Å²) in [6.45, 7) is 6.61. The molecule has 4 heterocycles. The number of piperidine rings is 1. The highest BCUT2D eigenvalue weighted by atomic mass is 19.1. The first-order valence-corrected chi connectivity index (χ1v) is 11.6. The van der Waals surface area contributed by atoms with Gasteiger partial charge in [0, 0.05) is 49.0 Å². The van der Waals surface area contributed by atoms with Crippen LogP contribution in [0.5, 0.6) is 0 Å². The number of likely N-dealkylation sites (tertiary alicyclic amines) is 1. The summed E-state index contributed by atoms with van der Waals surface area (Å²) in [5.41, 5.74) is 4.16. The van der Waals surface area contributed by atoms with E-state index in [1.165, 1.54) is 31.4 Å². The van der Waals surface area contributed by atoms with E-state index in [1.54, 1.807) is 12.3 Å². The lowest BCUT2D eigenvalue weighted by Crippen LogP contribution is -2.40. The summed E-state index contributed by atoms with van der Waals surface area (Å²) in [4.78, 5) is 30.4. The Bertz CT molecular complexity index is 1100. The highest BCUT2D eigenvalue weighted by Gasteiger charge is 2.29. The Kier molecular flexibility index (Phi) is 5.59. The maximum atomic E-state index is 13.8. The van der Waals surface area contributed by atoms with Crippen molar-refractivity contribution >= 4 is 29.3 Å². The van der Waals surface area contributed by atoms with Gasteiger partial charge in [-0.1, -0.05) is 6.42 Å². The molecule has 32 heavy (non-hydrogen) atoms. The molecule has 5 rings (SSSR count). The van der Waals surface area contributed by atoms with E-state index >= 15 is 0 Å². The van der Waals surface area contributed by atoms with Gasteiger partial charge in [-0.2, -0.15) is 0 Å².